The van der Waals surface area contributed by atoms with Crippen molar-refractivity contribution < 1.29 is 18.3 Å². The molecule has 0 saturated heterocycles. The molecule has 0 heterocycles. The molecule has 0 aromatic heterocycles. The van der Waals surface area contributed by atoms with Crippen molar-refractivity contribution in [3.63, 3.8) is 0 Å². The van der Waals surface area contributed by atoms with Crippen LogP contribution in [0.1, 0.15) is 12.8 Å². The normalized spacial score (nSPS) is 19.7. The number of nitrogens with one attached hydrogen (secondary N) is 1. The van der Waals surface area contributed by atoms with Crippen LogP contribution in [0.3, 0.4) is 0 Å². The lowest BCUT2D eigenvalue weighted by Gasteiger charge is -1.99. The van der Waals surface area contributed by atoms with E-state index < -0.39 is 17.4 Å². The molecule has 0 spiro atoms. The third kappa shape index (κ3) is 2.79. The molecule has 0 aromatic carbocycles. The number of amides is 1. The first-order valence-corrected chi connectivity index (χ1v) is 3.87. The van der Waals surface area contributed by atoms with Crippen molar-refractivity contribution in [3.8, 4) is 0 Å². The SMILES string of the molecule is O=C(NS(=O)O)OC1CC1. The Hall–Kier alpha value is -0.620. The predicted octanol–water partition coefficient (Wildman–Crippen LogP) is 0.0117. The number of ether oxygens (including phenoxy) is 1. The maximum atomic E-state index is 10.4. The van der Waals surface area contributed by atoms with Crippen LogP contribution in [-0.2, 0) is 16.0 Å². The van der Waals surface area contributed by atoms with Crippen LogP contribution in [0.15, 0.2) is 0 Å². The zero-order valence-corrected chi connectivity index (χ0v) is 5.89. The van der Waals surface area contributed by atoms with Gasteiger partial charge in [0.25, 0.3) is 11.3 Å². The Labute approximate surface area is 60.2 Å². The molecule has 1 amide bonds. The van der Waals surface area contributed by atoms with Crippen molar-refractivity contribution in [1.82, 2.24) is 4.72 Å². The zero-order chi connectivity index (χ0) is 7.56. The molecule has 10 heavy (non-hydrogen) atoms. The molecule has 5 nitrogen and oxygen atoms in total. The predicted molar refractivity (Wildman–Crippen MR) is 33.4 cm³/mol. The lowest BCUT2D eigenvalue weighted by molar-refractivity contribution is 0.145. The summed E-state index contributed by atoms with van der Waals surface area (Å²) in [5, 5.41) is 0. The molecule has 0 radical (unpaired) electrons. The summed E-state index contributed by atoms with van der Waals surface area (Å²) in [6.45, 7) is 0. The summed E-state index contributed by atoms with van der Waals surface area (Å²) < 4.78 is 24.3. The summed E-state index contributed by atoms with van der Waals surface area (Å²) in [4.78, 5) is 10.4. The van der Waals surface area contributed by atoms with Crippen molar-refractivity contribution >= 4 is 17.4 Å². The van der Waals surface area contributed by atoms with Gasteiger partial charge in [-0.1, -0.05) is 0 Å². The van der Waals surface area contributed by atoms with E-state index in [0.717, 1.165) is 12.8 Å². The van der Waals surface area contributed by atoms with Crippen molar-refractivity contribution in [2.45, 2.75) is 18.9 Å². The van der Waals surface area contributed by atoms with Gasteiger partial charge in [-0.2, -0.15) is 0 Å². The third-order valence-corrected chi connectivity index (χ3v) is 1.31. The van der Waals surface area contributed by atoms with Crippen LogP contribution in [0.2, 0.25) is 0 Å². The van der Waals surface area contributed by atoms with Crippen LogP contribution in [0.4, 0.5) is 4.79 Å². The Bertz CT molecular complexity index is 167. The summed E-state index contributed by atoms with van der Waals surface area (Å²) in [5.41, 5.74) is 0. The van der Waals surface area contributed by atoms with Crippen LogP contribution in [0, 0.1) is 0 Å². The summed E-state index contributed by atoms with van der Waals surface area (Å²) in [6.07, 6.45) is 0.837. The monoisotopic (exact) mass is 165 g/mol. The standard InChI is InChI=1S/C4H7NO4S/c6-4(5-10(7)8)9-3-1-2-3/h3H,1-2H2,(H,5,6)(H,7,8). The second-order valence-electron chi connectivity index (χ2n) is 1.96. The van der Waals surface area contributed by atoms with Crippen LogP contribution >= 0.6 is 0 Å². The van der Waals surface area contributed by atoms with Gasteiger partial charge in [0, 0.05) is 0 Å². The molecule has 2 N–H and O–H groups in total. The number of carbonyl (C=O) groups excluding carboxylic acids is 1. The van der Waals surface area contributed by atoms with Gasteiger partial charge in [-0.15, -0.1) is 0 Å². The average Bonchev–Trinajstić information content (AvgIpc) is 2.46. The maximum Gasteiger partial charge on any atom is 0.421 e. The molecule has 1 atom stereocenters. The van der Waals surface area contributed by atoms with Crippen LogP contribution < -0.4 is 4.72 Å². The quantitative estimate of drug-likeness (QED) is 0.565. The highest BCUT2D eigenvalue weighted by Gasteiger charge is 2.26. The minimum atomic E-state index is -2.31. The summed E-state index contributed by atoms with van der Waals surface area (Å²) in [5.74, 6) is 0. The van der Waals surface area contributed by atoms with Gasteiger partial charge < -0.3 is 4.74 Å². The van der Waals surface area contributed by atoms with E-state index in [1.54, 1.807) is 4.72 Å². The van der Waals surface area contributed by atoms with Crippen molar-refractivity contribution in [1.29, 1.82) is 0 Å². The second kappa shape index (κ2) is 2.98. The van der Waals surface area contributed by atoms with Gasteiger partial charge in [-0.3, -0.25) is 4.55 Å². The van der Waals surface area contributed by atoms with Gasteiger partial charge >= 0.3 is 6.09 Å². The van der Waals surface area contributed by atoms with E-state index in [9.17, 15) is 9.00 Å². The fraction of sp³-hybridized carbons (Fsp3) is 0.750. The van der Waals surface area contributed by atoms with Crippen molar-refractivity contribution in [2.24, 2.45) is 0 Å². The molecule has 1 saturated carbocycles. The van der Waals surface area contributed by atoms with Crippen LogP contribution in [0.5, 0.6) is 0 Å². The molecule has 6 heteroatoms. The highest BCUT2D eigenvalue weighted by molar-refractivity contribution is 7.77. The smallest absolute Gasteiger partial charge is 0.421 e. The summed E-state index contributed by atoms with van der Waals surface area (Å²) >= 11 is -2.31. The molecular weight excluding hydrogens is 158 g/mol. The van der Waals surface area contributed by atoms with E-state index >= 15 is 0 Å². The molecular formula is C4H7NO4S. The number of carbonyl (C=O) groups is 1. The molecule has 1 unspecified atom stereocenters. The minimum absolute atomic E-state index is 0.0384. The second-order valence-corrected chi connectivity index (χ2v) is 2.66. The minimum Gasteiger partial charge on any atom is -0.446 e. The Kier molecular flexibility index (Phi) is 2.23. The molecule has 0 bridgehead atoms. The average molecular weight is 165 g/mol. The molecule has 0 aliphatic heterocycles. The molecule has 1 rings (SSSR count). The van der Waals surface area contributed by atoms with Gasteiger partial charge in [0.2, 0.25) is 0 Å². The van der Waals surface area contributed by atoms with Crippen LogP contribution in [0.25, 0.3) is 0 Å². The fourth-order valence-electron chi connectivity index (χ4n) is 0.433. The number of rotatable bonds is 2. The highest BCUT2D eigenvalue weighted by Crippen LogP contribution is 2.23. The number of hydrogen-bond acceptors (Lipinski definition) is 3. The highest BCUT2D eigenvalue weighted by atomic mass is 32.2. The zero-order valence-electron chi connectivity index (χ0n) is 5.07. The summed E-state index contributed by atoms with van der Waals surface area (Å²) in [7, 11) is 0. The molecule has 0 aromatic rings. The third-order valence-electron chi connectivity index (χ3n) is 0.969. The Morgan fingerprint density at radius 2 is 2.30 bits per heavy atom. The van der Waals surface area contributed by atoms with Gasteiger partial charge in [0.15, 0.2) is 0 Å². The van der Waals surface area contributed by atoms with E-state index in [-0.39, 0.29) is 6.10 Å². The van der Waals surface area contributed by atoms with Gasteiger partial charge in [0.1, 0.15) is 6.10 Å². The van der Waals surface area contributed by atoms with Gasteiger partial charge in [-0.05, 0) is 12.8 Å². The lowest BCUT2D eigenvalue weighted by atomic mass is 10.8. The van der Waals surface area contributed by atoms with Gasteiger partial charge in [-0.25, -0.2) is 13.7 Å². The lowest BCUT2D eigenvalue weighted by Crippen LogP contribution is -2.26. The van der Waals surface area contributed by atoms with E-state index in [4.69, 9.17) is 4.55 Å². The molecule has 1 fully saturated rings. The van der Waals surface area contributed by atoms with Gasteiger partial charge in [0.05, 0.1) is 0 Å². The van der Waals surface area contributed by atoms with Crippen molar-refractivity contribution in [3.05, 3.63) is 0 Å². The van der Waals surface area contributed by atoms with Crippen molar-refractivity contribution in [2.75, 3.05) is 0 Å². The largest absolute Gasteiger partial charge is 0.446 e. The molecule has 1 aliphatic carbocycles. The van der Waals surface area contributed by atoms with Crippen LogP contribution in [-0.4, -0.2) is 21.0 Å². The van der Waals surface area contributed by atoms with E-state index in [2.05, 4.69) is 4.74 Å². The first kappa shape index (κ1) is 7.49. The molecule has 58 valence electrons. The van der Waals surface area contributed by atoms with E-state index in [1.807, 2.05) is 0 Å². The maximum absolute atomic E-state index is 10.4. The Morgan fingerprint density at radius 1 is 1.70 bits per heavy atom. The Morgan fingerprint density at radius 3 is 2.70 bits per heavy atom. The molecule has 1 aliphatic rings. The fourth-order valence-corrected chi connectivity index (χ4v) is 0.623. The summed E-state index contributed by atoms with van der Waals surface area (Å²) in [6, 6.07) is 0. The Balaban J connectivity index is 2.14. The van der Waals surface area contributed by atoms with E-state index in [0.29, 0.717) is 0 Å². The first-order valence-electron chi connectivity index (χ1n) is 2.76. The topological polar surface area (TPSA) is 75.6 Å². The van der Waals surface area contributed by atoms with E-state index in [1.165, 1.54) is 0 Å². The number of hydrogen-bond donors (Lipinski definition) is 2. The first-order chi connectivity index (χ1) is 4.68.